The van der Waals surface area contributed by atoms with E-state index >= 15 is 0 Å². The van der Waals surface area contributed by atoms with Gasteiger partial charge in [-0.25, -0.2) is 15.0 Å². The zero-order valence-electron chi connectivity index (χ0n) is 15.5. The molecule has 0 fully saturated rings. The van der Waals surface area contributed by atoms with E-state index in [9.17, 15) is 4.79 Å². The number of aryl methyl sites for hydroxylation is 1. The number of pyridine rings is 1. The zero-order valence-corrected chi connectivity index (χ0v) is 15.5. The highest BCUT2D eigenvalue weighted by Crippen LogP contribution is 2.28. The van der Waals surface area contributed by atoms with Crippen molar-refractivity contribution in [1.29, 1.82) is 0 Å². The van der Waals surface area contributed by atoms with Gasteiger partial charge >= 0.3 is 0 Å². The molecule has 0 spiro atoms. The fraction of sp³-hybridized carbons (Fsp3) is 0.100. The van der Waals surface area contributed by atoms with Crippen LogP contribution in [0.4, 0.5) is 0 Å². The summed E-state index contributed by atoms with van der Waals surface area (Å²) < 4.78 is 0. The second kappa shape index (κ2) is 6.79. The lowest BCUT2D eigenvalue weighted by Crippen LogP contribution is -2.24. The first-order valence-corrected chi connectivity index (χ1v) is 9.02. The van der Waals surface area contributed by atoms with Crippen molar-refractivity contribution in [3.8, 4) is 11.3 Å². The third kappa shape index (κ3) is 3.18. The zero-order chi connectivity index (χ0) is 19.8. The van der Waals surface area contributed by atoms with Gasteiger partial charge in [0.05, 0.1) is 28.8 Å². The van der Waals surface area contributed by atoms with E-state index in [2.05, 4.69) is 40.4 Å². The van der Waals surface area contributed by atoms with E-state index < -0.39 is 0 Å². The number of carbonyl (C=O) groups is 1. The number of H-pyrrole nitrogens is 2. The van der Waals surface area contributed by atoms with Gasteiger partial charge in [-0.15, -0.1) is 0 Å². The highest BCUT2D eigenvalue weighted by atomic mass is 16.2. The average Bonchev–Trinajstić information content (AvgIpc) is 3.34. The Morgan fingerprint density at radius 1 is 1.07 bits per heavy atom. The van der Waals surface area contributed by atoms with Crippen molar-refractivity contribution in [3.63, 3.8) is 0 Å². The number of nitrogens with one attached hydrogen (secondary N) is 3. The molecule has 5 rings (SSSR count). The van der Waals surface area contributed by atoms with Crippen LogP contribution in [0, 0.1) is 6.92 Å². The Labute approximate surface area is 164 Å². The molecular formula is C20H16N8O. The molecule has 0 radical (unpaired) electrons. The van der Waals surface area contributed by atoms with E-state index in [1.165, 1.54) is 0 Å². The van der Waals surface area contributed by atoms with Crippen LogP contribution in [0.3, 0.4) is 0 Å². The summed E-state index contributed by atoms with van der Waals surface area (Å²) in [5.41, 5.74) is 4.82. The standard InChI is InChI=1S/C20H16N8O/c1-11-22-7-4-13(24-11)10-23-20(29)19-25-16-8-14-15(9-17(16)26-19)27-28-18(14)12-2-5-21-6-3-12/h2-9H,10H2,1H3,(H,23,29)(H,25,26)(H,27,28). The summed E-state index contributed by atoms with van der Waals surface area (Å²) in [6.45, 7) is 2.11. The van der Waals surface area contributed by atoms with Gasteiger partial charge in [-0.05, 0) is 37.3 Å². The van der Waals surface area contributed by atoms with E-state index in [-0.39, 0.29) is 11.7 Å². The van der Waals surface area contributed by atoms with Gasteiger partial charge in [-0.3, -0.25) is 14.9 Å². The summed E-state index contributed by atoms with van der Waals surface area (Å²) in [7, 11) is 0. The lowest BCUT2D eigenvalue weighted by Gasteiger charge is -2.02. The summed E-state index contributed by atoms with van der Waals surface area (Å²) >= 11 is 0. The molecule has 1 aromatic carbocycles. The maximum Gasteiger partial charge on any atom is 0.287 e. The van der Waals surface area contributed by atoms with Crippen molar-refractivity contribution >= 4 is 27.8 Å². The number of amides is 1. The third-order valence-electron chi connectivity index (χ3n) is 4.60. The minimum atomic E-state index is -0.298. The molecule has 3 N–H and O–H groups in total. The fourth-order valence-corrected chi connectivity index (χ4v) is 3.22. The van der Waals surface area contributed by atoms with E-state index in [1.807, 2.05) is 24.3 Å². The van der Waals surface area contributed by atoms with Crippen LogP contribution in [0.25, 0.3) is 33.2 Å². The van der Waals surface area contributed by atoms with Crippen molar-refractivity contribution in [2.24, 2.45) is 0 Å². The predicted octanol–water partition coefficient (Wildman–Crippen LogP) is 2.53. The molecule has 9 heteroatoms. The molecule has 0 aliphatic heterocycles. The molecular weight excluding hydrogens is 368 g/mol. The number of fused-ring (bicyclic) bond motifs is 2. The Morgan fingerprint density at radius 2 is 1.93 bits per heavy atom. The maximum absolute atomic E-state index is 12.5. The van der Waals surface area contributed by atoms with Crippen LogP contribution < -0.4 is 5.32 Å². The average molecular weight is 384 g/mol. The SMILES string of the molecule is Cc1nccc(CNC(=O)c2nc3cc4c(-c5ccncc5)n[nH]c4cc3[nH]2)n1. The Hall–Kier alpha value is -4.14. The second-order valence-corrected chi connectivity index (χ2v) is 6.59. The lowest BCUT2D eigenvalue weighted by molar-refractivity contribution is 0.0941. The molecule has 0 atom stereocenters. The van der Waals surface area contributed by atoms with E-state index in [0.29, 0.717) is 17.9 Å². The number of nitrogens with zero attached hydrogens (tertiary/aromatic N) is 5. The van der Waals surface area contributed by atoms with Crippen LogP contribution in [-0.2, 0) is 6.54 Å². The molecule has 4 heterocycles. The second-order valence-electron chi connectivity index (χ2n) is 6.59. The Kier molecular flexibility index (Phi) is 3.98. The third-order valence-corrected chi connectivity index (χ3v) is 4.60. The van der Waals surface area contributed by atoms with E-state index in [4.69, 9.17) is 0 Å². The molecule has 0 saturated carbocycles. The minimum absolute atomic E-state index is 0.247. The number of hydrogen-bond acceptors (Lipinski definition) is 6. The van der Waals surface area contributed by atoms with Crippen molar-refractivity contribution in [3.05, 3.63) is 66.3 Å². The summed E-state index contributed by atoms with van der Waals surface area (Å²) in [4.78, 5) is 32.4. The largest absolute Gasteiger partial charge is 0.344 e. The van der Waals surface area contributed by atoms with Crippen molar-refractivity contribution in [2.45, 2.75) is 13.5 Å². The lowest BCUT2D eigenvalue weighted by atomic mass is 10.1. The summed E-state index contributed by atoms with van der Waals surface area (Å²) in [5.74, 6) is 0.611. The van der Waals surface area contributed by atoms with Gasteiger partial charge < -0.3 is 10.3 Å². The minimum Gasteiger partial charge on any atom is -0.344 e. The van der Waals surface area contributed by atoms with Gasteiger partial charge in [0, 0.05) is 29.5 Å². The number of aromatic nitrogens is 7. The number of hydrogen-bond donors (Lipinski definition) is 3. The summed E-state index contributed by atoms with van der Waals surface area (Å²) in [5, 5.41) is 11.2. The highest BCUT2D eigenvalue weighted by molar-refractivity contribution is 6.02. The van der Waals surface area contributed by atoms with Gasteiger partial charge in [0.1, 0.15) is 11.5 Å². The number of carbonyl (C=O) groups excluding carboxylic acids is 1. The molecule has 142 valence electrons. The van der Waals surface area contributed by atoms with Gasteiger partial charge in [0.25, 0.3) is 5.91 Å². The van der Waals surface area contributed by atoms with Crippen LogP contribution in [0.2, 0.25) is 0 Å². The van der Waals surface area contributed by atoms with Crippen LogP contribution in [0.15, 0.2) is 48.9 Å². The quantitative estimate of drug-likeness (QED) is 0.437. The van der Waals surface area contributed by atoms with E-state index in [1.54, 1.807) is 31.6 Å². The first-order valence-electron chi connectivity index (χ1n) is 9.02. The molecule has 9 nitrogen and oxygen atoms in total. The van der Waals surface area contributed by atoms with Gasteiger partial charge in [-0.1, -0.05) is 0 Å². The predicted molar refractivity (Wildman–Crippen MR) is 107 cm³/mol. The Bertz CT molecular complexity index is 1340. The smallest absolute Gasteiger partial charge is 0.287 e. The van der Waals surface area contributed by atoms with Crippen molar-refractivity contribution in [1.82, 2.24) is 40.4 Å². The summed E-state index contributed by atoms with van der Waals surface area (Å²) in [6, 6.07) is 9.39. The Morgan fingerprint density at radius 3 is 2.76 bits per heavy atom. The monoisotopic (exact) mass is 384 g/mol. The molecule has 0 unspecified atom stereocenters. The molecule has 0 aliphatic rings. The molecule has 0 bridgehead atoms. The first kappa shape index (κ1) is 17.0. The topological polar surface area (TPSA) is 125 Å². The molecule has 0 aliphatic carbocycles. The van der Waals surface area contributed by atoms with Crippen molar-refractivity contribution in [2.75, 3.05) is 0 Å². The molecule has 29 heavy (non-hydrogen) atoms. The van der Waals surface area contributed by atoms with Crippen LogP contribution in [0.5, 0.6) is 0 Å². The number of benzene rings is 1. The molecule has 1 amide bonds. The number of aromatic amines is 2. The van der Waals surface area contributed by atoms with E-state index in [0.717, 1.165) is 33.4 Å². The van der Waals surface area contributed by atoms with Crippen LogP contribution >= 0.6 is 0 Å². The number of imidazole rings is 1. The molecule has 4 aromatic heterocycles. The van der Waals surface area contributed by atoms with Crippen LogP contribution in [-0.4, -0.2) is 41.0 Å². The summed E-state index contributed by atoms with van der Waals surface area (Å²) in [6.07, 6.45) is 5.12. The van der Waals surface area contributed by atoms with Gasteiger partial charge in [0.15, 0.2) is 5.82 Å². The van der Waals surface area contributed by atoms with Gasteiger partial charge in [-0.2, -0.15) is 5.10 Å². The van der Waals surface area contributed by atoms with Crippen LogP contribution in [0.1, 0.15) is 22.1 Å². The molecule has 0 saturated heterocycles. The normalized spacial score (nSPS) is 11.2. The highest BCUT2D eigenvalue weighted by Gasteiger charge is 2.15. The van der Waals surface area contributed by atoms with Crippen molar-refractivity contribution < 1.29 is 4.79 Å². The Balaban J connectivity index is 1.44. The first-order chi connectivity index (χ1) is 14.2. The fourth-order valence-electron chi connectivity index (χ4n) is 3.22. The number of rotatable bonds is 4. The molecule has 5 aromatic rings. The van der Waals surface area contributed by atoms with Gasteiger partial charge in [0.2, 0.25) is 0 Å². The maximum atomic E-state index is 12.5.